The standard InChI is InChI=1S/C9H7ClF2N2/c1-5-6(10)4-14-7(2-3-13)8(5)9(11)12/h4,9H,2H2,1H3. The zero-order valence-electron chi connectivity index (χ0n) is 7.39. The van der Waals surface area contributed by atoms with Gasteiger partial charge in [0.15, 0.2) is 0 Å². The summed E-state index contributed by atoms with van der Waals surface area (Å²) in [5, 5.41) is 8.61. The van der Waals surface area contributed by atoms with Crippen molar-refractivity contribution < 1.29 is 8.78 Å². The first-order chi connectivity index (χ1) is 6.57. The third kappa shape index (κ3) is 1.99. The molecular formula is C9H7ClF2N2. The molecular weight excluding hydrogens is 210 g/mol. The molecule has 0 N–H and O–H groups in total. The van der Waals surface area contributed by atoms with Crippen LogP contribution in [0.2, 0.25) is 5.02 Å². The lowest BCUT2D eigenvalue weighted by Gasteiger charge is -2.09. The summed E-state index contributed by atoms with van der Waals surface area (Å²) in [5.41, 5.74) is 0.172. The largest absolute Gasteiger partial charge is 0.265 e. The van der Waals surface area contributed by atoms with Crippen molar-refractivity contribution in [2.24, 2.45) is 0 Å². The minimum Gasteiger partial charge on any atom is -0.258 e. The second-order valence-corrected chi connectivity index (χ2v) is 3.13. The summed E-state index contributed by atoms with van der Waals surface area (Å²) in [5.74, 6) is 0. The van der Waals surface area contributed by atoms with E-state index in [1.54, 1.807) is 6.07 Å². The average Bonchev–Trinajstić information content (AvgIpc) is 2.11. The van der Waals surface area contributed by atoms with Crippen LogP contribution in [0.15, 0.2) is 6.20 Å². The summed E-state index contributed by atoms with van der Waals surface area (Å²) in [6.07, 6.45) is -1.49. The van der Waals surface area contributed by atoms with E-state index in [1.165, 1.54) is 13.1 Å². The molecule has 0 aliphatic heterocycles. The molecule has 1 heterocycles. The fourth-order valence-corrected chi connectivity index (χ4v) is 1.30. The number of rotatable bonds is 2. The zero-order valence-corrected chi connectivity index (χ0v) is 8.15. The van der Waals surface area contributed by atoms with Crippen molar-refractivity contribution in [3.63, 3.8) is 0 Å². The average molecular weight is 217 g/mol. The molecule has 2 nitrogen and oxygen atoms in total. The van der Waals surface area contributed by atoms with Gasteiger partial charge in [-0.2, -0.15) is 5.26 Å². The fraction of sp³-hybridized carbons (Fsp3) is 0.333. The molecule has 14 heavy (non-hydrogen) atoms. The van der Waals surface area contributed by atoms with Crippen molar-refractivity contribution in [2.45, 2.75) is 19.8 Å². The van der Waals surface area contributed by atoms with Gasteiger partial charge in [-0.3, -0.25) is 4.98 Å². The molecule has 0 spiro atoms. The van der Waals surface area contributed by atoms with Crippen molar-refractivity contribution in [3.8, 4) is 6.07 Å². The van der Waals surface area contributed by atoms with Crippen molar-refractivity contribution in [1.82, 2.24) is 4.98 Å². The van der Waals surface area contributed by atoms with Crippen LogP contribution >= 0.6 is 11.6 Å². The van der Waals surface area contributed by atoms with Crippen LogP contribution in [0.3, 0.4) is 0 Å². The van der Waals surface area contributed by atoms with Crippen molar-refractivity contribution in [3.05, 3.63) is 28.0 Å². The highest BCUT2D eigenvalue weighted by Gasteiger charge is 2.18. The Kier molecular flexibility index (Phi) is 3.37. The lowest BCUT2D eigenvalue weighted by atomic mass is 10.1. The molecule has 1 aromatic rings. The van der Waals surface area contributed by atoms with E-state index in [0.29, 0.717) is 5.56 Å². The van der Waals surface area contributed by atoms with Crippen LogP contribution in [-0.4, -0.2) is 4.98 Å². The Morgan fingerprint density at radius 1 is 1.64 bits per heavy atom. The van der Waals surface area contributed by atoms with Crippen LogP contribution in [0.25, 0.3) is 0 Å². The van der Waals surface area contributed by atoms with Gasteiger partial charge in [0.2, 0.25) is 0 Å². The number of alkyl halides is 2. The van der Waals surface area contributed by atoms with Gasteiger partial charge in [0.1, 0.15) is 0 Å². The fourth-order valence-electron chi connectivity index (χ4n) is 1.15. The Morgan fingerprint density at radius 2 is 2.29 bits per heavy atom. The van der Waals surface area contributed by atoms with Gasteiger partial charge in [0.05, 0.1) is 23.2 Å². The molecule has 0 atom stereocenters. The van der Waals surface area contributed by atoms with Crippen LogP contribution < -0.4 is 0 Å². The van der Waals surface area contributed by atoms with E-state index >= 15 is 0 Å². The third-order valence-electron chi connectivity index (χ3n) is 1.87. The number of nitrogens with zero attached hydrogens (tertiary/aromatic N) is 2. The molecule has 0 saturated heterocycles. The molecule has 0 bridgehead atoms. The number of halogens is 3. The molecule has 0 unspecified atom stereocenters. The quantitative estimate of drug-likeness (QED) is 0.762. The number of nitriles is 1. The Balaban J connectivity index is 3.31. The smallest absolute Gasteiger partial charge is 0.258 e. The Labute approximate surface area is 85.1 Å². The van der Waals surface area contributed by atoms with E-state index in [1.807, 2.05) is 0 Å². The van der Waals surface area contributed by atoms with Gasteiger partial charge in [0.25, 0.3) is 6.43 Å². The van der Waals surface area contributed by atoms with Gasteiger partial charge in [-0.1, -0.05) is 11.6 Å². The lowest BCUT2D eigenvalue weighted by molar-refractivity contribution is 0.149. The summed E-state index contributed by atoms with van der Waals surface area (Å²) in [6, 6.07) is 1.79. The van der Waals surface area contributed by atoms with Gasteiger partial charge in [0, 0.05) is 11.8 Å². The molecule has 0 saturated carbocycles. The molecule has 0 fully saturated rings. The summed E-state index contributed by atoms with van der Waals surface area (Å²) in [4.78, 5) is 3.72. The van der Waals surface area contributed by atoms with Gasteiger partial charge in [-0.25, -0.2) is 8.78 Å². The first-order valence-electron chi connectivity index (χ1n) is 3.87. The van der Waals surface area contributed by atoms with Gasteiger partial charge in [-0.05, 0) is 12.5 Å². The summed E-state index contributed by atoms with van der Waals surface area (Å²) in [7, 11) is 0. The van der Waals surface area contributed by atoms with Gasteiger partial charge < -0.3 is 0 Å². The van der Waals surface area contributed by atoms with E-state index in [0.717, 1.165) is 0 Å². The Morgan fingerprint density at radius 3 is 2.79 bits per heavy atom. The SMILES string of the molecule is Cc1c(Cl)cnc(CC#N)c1C(F)F. The minimum atomic E-state index is -2.65. The number of hydrogen-bond acceptors (Lipinski definition) is 2. The molecule has 0 aliphatic rings. The molecule has 5 heteroatoms. The Bertz CT molecular complexity index is 385. The van der Waals surface area contributed by atoms with Crippen LogP contribution in [0.4, 0.5) is 8.78 Å². The molecule has 0 radical (unpaired) electrons. The van der Waals surface area contributed by atoms with E-state index in [2.05, 4.69) is 4.98 Å². The summed E-state index contributed by atoms with van der Waals surface area (Å²) >= 11 is 5.65. The Hall–Kier alpha value is -1.21. The maximum Gasteiger partial charge on any atom is 0.265 e. The first-order valence-corrected chi connectivity index (χ1v) is 4.24. The van der Waals surface area contributed by atoms with E-state index in [4.69, 9.17) is 16.9 Å². The predicted molar refractivity (Wildman–Crippen MR) is 48.3 cm³/mol. The monoisotopic (exact) mass is 216 g/mol. The van der Waals surface area contributed by atoms with E-state index < -0.39 is 6.43 Å². The summed E-state index contributed by atoms with van der Waals surface area (Å²) in [6.45, 7) is 1.49. The zero-order chi connectivity index (χ0) is 10.7. The van der Waals surface area contributed by atoms with Crippen molar-refractivity contribution >= 4 is 11.6 Å². The normalized spacial score (nSPS) is 10.3. The molecule has 74 valence electrons. The second-order valence-electron chi connectivity index (χ2n) is 2.73. The molecule has 1 rings (SSSR count). The van der Waals surface area contributed by atoms with Gasteiger partial charge in [-0.15, -0.1) is 0 Å². The highest BCUT2D eigenvalue weighted by molar-refractivity contribution is 6.31. The molecule has 0 aliphatic carbocycles. The highest BCUT2D eigenvalue weighted by atomic mass is 35.5. The van der Waals surface area contributed by atoms with Crippen LogP contribution in [0.1, 0.15) is 23.2 Å². The van der Waals surface area contributed by atoms with Crippen LogP contribution in [0.5, 0.6) is 0 Å². The number of aromatic nitrogens is 1. The maximum absolute atomic E-state index is 12.6. The van der Waals surface area contributed by atoms with Crippen LogP contribution in [0, 0.1) is 18.3 Å². The molecule has 0 amide bonds. The number of pyridine rings is 1. The molecule has 1 aromatic heterocycles. The van der Waals surface area contributed by atoms with Crippen molar-refractivity contribution in [1.29, 1.82) is 5.26 Å². The first kappa shape index (κ1) is 10.9. The maximum atomic E-state index is 12.6. The second kappa shape index (κ2) is 4.34. The third-order valence-corrected chi connectivity index (χ3v) is 2.25. The van der Waals surface area contributed by atoms with Crippen molar-refractivity contribution in [2.75, 3.05) is 0 Å². The van der Waals surface area contributed by atoms with Crippen LogP contribution in [-0.2, 0) is 6.42 Å². The van der Waals surface area contributed by atoms with E-state index in [-0.39, 0.29) is 22.7 Å². The lowest BCUT2D eigenvalue weighted by Crippen LogP contribution is -2.01. The topological polar surface area (TPSA) is 36.7 Å². The van der Waals surface area contributed by atoms with Gasteiger partial charge >= 0.3 is 0 Å². The highest BCUT2D eigenvalue weighted by Crippen LogP contribution is 2.29. The number of hydrogen-bond donors (Lipinski definition) is 0. The van der Waals surface area contributed by atoms with E-state index in [9.17, 15) is 8.78 Å². The molecule has 0 aromatic carbocycles. The predicted octanol–water partition coefficient (Wildman–Crippen LogP) is 3.05. The summed E-state index contributed by atoms with van der Waals surface area (Å²) < 4.78 is 25.2. The minimum absolute atomic E-state index is 0.101.